The third kappa shape index (κ3) is 3.07. The highest BCUT2D eigenvalue weighted by molar-refractivity contribution is 5.71. The van der Waals surface area contributed by atoms with Crippen molar-refractivity contribution in [3.05, 3.63) is 98.1 Å². The molecule has 0 fully saturated rings. The molecular weight excluding hydrogens is 348 g/mol. The highest BCUT2D eigenvalue weighted by Gasteiger charge is 2.03. The minimum atomic E-state index is 0.991. The highest BCUT2D eigenvalue weighted by atomic mass is 15.3. The molecular formula is C22H16N6. The van der Waals surface area contributed by atoms with E-state index in [0.29, 0.717) is 0 Å². The molecule has 5 aromatic rings. The summed E-state index contributed by atoms with van der Waals surface area (Å²) in [4.78, 5) is 7.96. The third-order valence-corrected chi connectivity index (χ3v) is 4.65. The molecule has 0 radical (unpaired) electrons. The summed E-state index contributed by atoms with van der Waals surface area (Å²) in [6, 6.07) is 25.1. The molecule has 3 aromatic carbocycles. The molecule has 28 heavy (non-hydrogen) atoms. The molecule has 0 unspecified atom stereocenters. The largest absolute Gasteiger partial charge is 0.223 e. The van der Waals surface area contributed by atoms with Gasteiger partial charge in [0.15, 0.2) is 0 Å². The highest BCUT2D eigenvalue weighted by Crippen LogP contribution is 2.26. The van der Waals surface area contributed by atoms with E-state index in [9.17, 15) is 0 Å². The van der Waals surface area contributed by atoms with Crippen molar-refractivity contribution >= 4 is 0 Å². The Morgan fingerprint density at radius 1 is 0.429 bits per heavy atom. The third-order valence-electron chi connectivity index (χ3n) is 4.65. The van der Waals surface area contributed by atoms with E-state index in [1.54, 1.807) is 22.0 Å². The zero-order chi connectivity index (χ0) is 18.8. The van der Waals surface area contributed by atoms with Gasteiger partial charge < -0.3 is 0 Å². The predicted octanol–water partition coefficient (Wildman–Crippen LogP) is 4.18. The van der Waals surface area contributed by atoms with Gasteiger partial charge in [0.2, 0.25) is 0 Å². The molecule has 0 spiro atoms. The molecule has 0 atom stereocenters. The Labute approximate surface area is 161 Å². The molecule has 134 valence electrons. The summed E-state index contributed by atoms with van der Waals surface area (Å²) in [5, 5.41) is 8.31. The normalized spacial score (nSPS) is 10.9. The SMILES string of the molecule is c1ncn(-c2ccc(-c3ccc(-c4ccc(-n5cncn5)cc4)cc3)cc2)n1. The van der Waals surface area contributed by atoms with Crippen molar-refractivity contribution in [2.45, 2.75) is 0 Å². The van der Waals surface area contributed by atoms with Crippen LogP contribution in [0.2, 0.25) is 0 Å². The number of rotatable bonds is 4. The number of nitrogens with zero attached hydrogens (tertiary/aromatic N) is 6. The molecule has 0 aliphatic heterocycles. The zero-order valence-corrected chi connectivity index (χ0v) is 14.9. The maximum absolute atomic E-state index is 4.15. The zero-order valence-electron chi connectivity index (χ0n) is 14.9. The molecule has 0 aliphatic carbocycles. The standard InChI is InChI=1S/C22H16N6/c1-2-18(20-7-11-22(12-8-20)28-16-24-14-26-28)4-3-17(1)19-5-9-21(10-6-19)27-15-23-13-25-27/h1-16H. The van der Waals surface area contributed by atoms with Crippen LogP contribution in [0.25, 0.3) is 33.6 Å². The van der Waals surface area contributed by atoms with Crippen molar-refractivity contribution in [3.8, 4) is 33.6 Å². The Morgan fingerprint density at radius 3 is 1.04 bits per heavy atom. The molecule has 6 heteroatoms. The molecule has 0 bridgehead atoms. The second-order valence-corrected chi connectivity index (χ2v) is 6.35. The van der Waals surface area contributed by atoms with Gasteiger partial charge in [0.05, 0.1) is 11.4 Å². The Kier molecular flexibility index (Phi) is 3.99. The van der Waals surface area contributed by atoms with E-state index in [1.807, 2.05) is 24.3 Å². The van der Waals surface area contributed by atoms with Crippen molar-refractivity contribution in [1.82, 2.24) is 29.5 Å². The van der Waals surface area contributed by atoms with Crippen molar-refractivity contribution in [3.63, 3.8) is 0 Å². The summed E-state index contributed by atoms with van der Waals surface area (Å²) in [5.74, 6) is 0. The number of aromatic nitrogens is 6. The molecule has 2 heterocycles. The van der Waals surface area contributed by atoms with Crippen molar-refractivity contribution in [2.24, 2.45) is 0 Å². The first kappa shape index (κ1) is 16.1. The van der Waals surface area contributed by atoms with Gasteiger partial charge in [-0.15, -0.1) is 0 Å². The fraction of sp³-hybridized carbons (Fsp3) is 0. The van der Waals surface area contributed by atoms with Gasteiger partial charge in [-0.3, -0.25) is 0 Å². The van der Waals surface area contributed by atoms with Crippen LogP contribution in [0, 0.1) is 0 Å². The first-order valence-electron chi connectivity index (χ1n) is 8.88. The quantitative estimate of drug-likeness (QED) is 0.480. The Hall–Kier alpha value is -4.06. The molecule has 6 nitrogen and oxygen atoms in total. The second-order valence-electron chi connectivity index (χ2n) is 6.35. The van der Waals surface area contributed by atoms with Gasteiger partial charge in [-0.25, -0.2) is 19.3 Å². The van der Waals surface area contributed by atoms with E-state index in [1.165, 1.54) is 23.8 Å². The van der Waals surface area contributed by atoms with Crippen LogP contribution >= 0.6 is 0 Å². The Bertz CT molecular complexity index is 1060. The van der Waals surface area contributed by atoms with E-state index in [-0.39, 0.29) is 0 Å². The fourth-order valence-electron chi connectivity index (χ4n) is 3.15. The van der Waals surface area contributed by atoms with Crippen molar-refractivity contribution in [1.29, 1.82) is 0 Å². The molecule has 5 rings (SSSR count). The van der Waals surface area contributed by atoms with Crippen LogP contribution in [-0.2, 0) is 0 Å². The average Bonchev–Trinajstić information content (AvgIpc) is 3.49. The predicted molar refractivity (Wildman–Crippen MR) is 107 cm³/mol. The molecule has 2 aromatic heterocycles. The first-order valence-corrected chi connectivity index (χ1v) is 8.88. The lowest BCUT2D eigenvalue weighted by Gasteiger charge is -2.07. The van der Waals surface area contributed by atoms with Gasteiger partial charge >= 0.3 is 0 Å². The maximum Gasteiger partial charge on any atom is 0.138 e. The van der Waals surface area contributed by atoms with E-state index >= 15 is 0 Å². The van der Waals surface area contributed by atoms with Crippen LogP contribution < -0.4 is 0 Å². The molecule has 0 saturated carbocycles. The van der Waals surface area contributed by atoms with E-state index in [4.69, 9.17) is 0 Å². The minimum absolute atomic E-state index is 0.991. The van der Waals surface area contributed by atoms with Crippen LogP contribution in [0.1, 0.15) is 0 Å². The van der Waals surface area contributed by atoms with Gasteiger partial charge in [-0.2, -0.15) is 10.2 Å². The topological polar surface area (TPSA) is 61.4 Å². The summed E-state index contributed by atoms with van der Waals surface area (Å²) in [5.41, 5.74) is 6.66. The number of hydrogen-bond donors (Lipinski definition) is 0. The maximum atomic E-state index is 4.15. The second kappa shape index (κ2) is 6.92. The Morgan fingerprint density at radius 2 is 0.750 bits per heavy atom. The van der Waals surface area contributed by atoms with Crippen LogP contribution in [0.3, 0.4) is 0 Å². The van der Waals surface area contributed by atoms with Crippen LogP contribution in [0.15, 0.2) is 98.1 Å². The van der Waals surface area contributed by atoms with Gasteiger partial charge in [-0.1, -0.05) is 48.5 Å². The summed E-state index contributed by atoms with van der Waals surface area (Å²) in [7, 11) is 0. The van der Waals surface area contributed by atoms with Crippen molar-refractivity contribution < 1.29 is 0 Å². The Balaban J connectivity index is 1.37. The number of benzene rings is 3. The summed E-state index contributed by atoms with van der Waals surface area (Å²) in [6.07, 6.45) is 6.45. The smallest absolute Gasteiger partial charge is 0.138 e. The molecule has 0 amide bonds. The van der Waals surface area contributed by atoms with Crippen LogP contribution in [0.4, 0.5) is 0 Å². The molecule has 0 aliphatic rings. The van der Waals surface area contributed by atoms with Gasteiger partial charge in [0.1, 0.15) is 25.3 Å². The van der Waals surface area contributed by atoms with Crippen LogP contribution in [-0.4, -0.2) is 29.5 Å². The van der Waals surface area contributed by atoms with E-state index < -0.39 is 0 Å². The lowest BCUT2D eigenvalue weighted by molar-refractivity contribution is 0.879. The lowest BCUT2D eigenvalue weighted by Crippen LogP contribution is -1.93. The molecule has 0 N–H and O–H groups in total. The van der Waals surface area contributed by atoms with Gasteiger partial charge in [0.25, 0.3) is 0 Å². The van der Waals surface area contributed by atoms with Gasteiger partial charge in [-0.05, 0) is 46.5 Å². The van der Waals surface area contributed by atoms with Crippen molar-refractivity contribution in [2.75, 3.05) is 0 Å². The summed E-state index contributed by atoms with van der Waals surface area (Å²) >= 11 is 0. The molecule has 0 saturated heterocycles. The van der Waals surface area contributed by atoms with Crippen LogP contribution in [0.5, 0.6) is 0 Å². The lowest BCUT2D eigenvalue weighted by atomic mass is 10.00. The minimum Gasteiger partial charge on any atom is -0.223 e. The van der Waals surface area contributed by atoms with Gasteiger partial charge in [0, 0.05) is 0 Å². The first-order chi connectivity index (χ1) is 13.9. The average molecular weight is 364 g/mol. The summed E-state index contributed by atoms with van der Waals surface area (Å²) in [6.45, 7) is 0. The monoisotopic (exact) mass is 364 g/mol. The number of hydrogen-bond acceptors (Lipinski definition) is 4. The van der Waals surface area contributed by atoms with E-state index in [2.05, 4.69) is 68.7 Å². The van der Waals surface area contributed by atoms with E-state index in [0.717, 1.165) is 22.5 Å². The summed E-state index contributed by atoms with van der Waals surface area (Å²) < 4.78 is 3.49. The fourth-order valence-corrected chi connectivity index (χ4v) is 3.15.